The van der Waals surface area contributed by atoms with Crippen molar-refractivity contribution in [3.05, 3.63) is 60.4 Å². The molecule has 0 aliphatic carbocycles. The molecular weight excluding hydrogens is 389 g/mol. The third kappa shape index (κ3) is 3.72. The van der Waals surface area contributed by atoms with Gasteiger partial charge in [-0.05, 0) is 36.4 Å². The lowest BCUT2D eigenvalue weighted by Gasteiger charge is -2.11. The van der Waals surface area contributed by atoms with Crippen LogP contribution in [0.15, 0.2) is 54.9 Å². The Balaban J connectivity index is 1.71. The molecule has 2 heterocycles. The lowest BCUT2D eigenvalue weighted by molar-refractivity contribution is -0.137. The van der Waals surface area contributed by atoms with E-state index in [1.807, 2.05) is 0 Å². The molecule has 0 amide bonds. The Morgan fingerprint density at radius 3 is 2.31 bits per heavy atom. The fraction of sp³-hybridized carbons (Fsp3) is 0.0526. The number of ether oxygens (including phenoxy) is 1. The van der Waals surface area contributed by atoms with E-state index < -0.39 is 17.8 Å². The number of benzene rings is 2. The molecular formula is C19H11F3N4O3. The molecule has 10 heteroatoms. The van der Waals surface area contributed by atoms with Crippen LogP contribution in [0.2, 0.25) is 0 Å². The summed E-state index contributed by atoms with van der Waals surface area (Å²) in [5.74, 6) is -0.160. The number of hydrogen-bond donors (Lipinski definition) is 2. The van der Waals surface area contributed by atoms with E-state index >= 15 is 0 Å². The molecule has 0 aliphatic rings. The molecule has 4 aromatic rings. The Morgan fingerprint density at radius 2 is 1.59 bits per heavy atom. The summed E-state index contributed by atoms with van der Waals surface area (Å²) in [6.07, 6.45) is -1.64. The Labute approximate surface area is 161 Å². The third-order valence-electron chi connectivity index (χ3n) is 4.00. The van der Waals surface area contributed by atoms with E-state index in [4.69, 9.17) is 4.74 Å². The molecule has 0 saturated heterocycles. The Bertz CT molecular complexity index is 1200. The first-order valence-corrected chi connectivity index (χ1v) is 8.17. The number of nitrogens with zero attached hydrogens (tertiary/aromatic N) is 4. The van der Waals surface area contributed by atoms with E-state index in [1.54, 1.807) is 12.1 Å². The summed E-state index contributed by atoms with van der Waals surface area (Å²) in [5, 5.41) is 19.6. The molecule has 2 aromatic carbocycles. The quantitative estimate of drug-likeness (QED) is 0.528. The van der Waals surface area contributed by atoms with Crippen molar-refractivity contribution in [1.29, 1.82) is 0 Å². The zero-order valence-corrected chi connectivity index (χ0v) is 14.4. The summed E-state index contributed by atoms with van der Waals surface area (Å²) in [7, 11) is 0. The van der Waals surface area contributed by atoms with Crippen LogP contribution in [0, 0.1) is 0 Å². The minimum atomic E-state index is -4.44. The zero-order valence-electron chi connectivity index (χ0n) is 14.4. The number of aromatic hydroxyl groups is 2. The van der Waals surface area contributed by atoms with Gasteiger partial charge in [-0.15, -0.1) is 0 Å². The molecule has 2 aromatic heterocycles. The van der Waals surface area contributed by atoms with Gasteiger partial charge < -0.3 is 14.9 Å². The van der Waals surface area contributed by atoms with Crippen LogP contribution in [0.1, 0.15) is 5.56 Å². The molecule has 0 saturated carbocycles. The molecule has 0 spiro atoms. The lowest BCUT2D eigenvalue weighted by Crippen LogP contribution is -2.04. The van der Waals surface area contributed by atoms with Gasteiger partial charge in [0.2, 0.25) is 11.8 Å². The highest BCUT2D eigenvalue weighted by molar-refractivity contribution is 5.87. The van der Waals surface area contributed by atoms with Crippen LogP contribution < -0.4 is 4.74 Å². The Kier molecular flexibility index (Phi) is 4.38. The third-order valence-corrected chi connectivity index (χ3v) is 4.00. The highest BCUT2D eigenvalue weighted by Gasteiger charge is 2.30. The average molecular weight is 400 g/mol. The molecule has 0 aliphatic heterocycles. The van der Waals surface area contributed by atoms with Crippen molar-refractivity contribution in [1.82, 2.24) is 19.9 Å². The second-order valence-corrected chi connectivity index (χ2v) is 5.91. The molecule has 2 N–H and O–H groups in total. The van der Waals surface area contributed by atoms with Crippen molar-refractivity contribution in [3.8, 4) is 34.8 Å². The summed E-state index contributed by atoms with van der Waals surface area (Å²) in [6.45, 7) is 0. The summed E-state index contributed by atoms with van der Waals surface area (Å²) >= 11 is 0. The number of hydrogen-bond acceptors (Lipinski definition) is 7. The van der Waals surface area contributed by atoms with Gasteiger partial charge >= 0.3 is 12.2 Å². The predicted molar refractivity (Wildman–Crippen MR) is 95.4 cm³/mol. The minimum Gasteiger partial charge on any atom is -0.493 e. The zero-order chi connectivity index (χ0) is 20.6. The highest BCUT2D eigenvalue weighted by Crippen LogP contribution is 2.34. The molecule has 0 radical (unpaired) electrons. The maximum atomic E-state index is 12.7. The topological polar surface area (TPSA) is 101 Å². The SMILES string of the molecule is Oc1nc(O)c2ccc(-c3nccnc3Oc3ccc(C(F)(F)F)cc3)cc2n1. The maximum absolute atomic E-state index is 12.7. The van der Waals surface area contributed by atoms with E-state index in [0.29, 0.717) is 16.6 Å². The van der Waals surface area contributed by atoms with Crippen LogP contribution in [0.5, 0.6) is 23.5 Å². The Morgan fingerprint density at radius 1 is 0.862 bits per heavy atom. The maximum Gasteiger partial charge on any atom is 0.416 e. The predicted octanol–water partition coefficient (Wildman–Crippen LogP) is 4.31. The van der Waals surface area contributed by atoms with E-state index in [2.05, 4.69) is 19.9 Å². The van der Waals surface area contributed by atoms with E-state index in [0.717, 1.165) is 12.1 Å². The van der Waals surface area contributed by atoms with Crippen LogP contribution in [-0.2, 0) is 6.18 Å². The number of halogens is 3. The molecule has 0 bridgehead atoms. The van der Waals surface area contributed by atoms with Gasteiger partial charge in [0, 0.05) is 18.0 Å². The Hall–Kier alpha value is -3.95. The normalized spacial score (nSPS) is 11.6. The summed E-state index contributed by atoms with van der Waals surface area (Å²) in [6, 6.07) is 8.29. The molecule has 0 atom stereocenters. The summed E-state index contributed by atoms with van der Waals surface area (Å²) in [4.78, 5) is 15.6. The molecule has 4 rings (SSSR count). The van der Waals surface area contributed by atoms with Crippen LogP contribution in [0.3, 0.4) is 0 Å². The lowest BCUT2D eigenvalue weighted by atomic mass is 10.1. The van der Waals surface area contributed by atoms with Gasteiger partial charge in [0.05, 0.1) is 16.5 Å². The van der Waals surface area contributed by atoms with Gasteiger partial charge in [0.25, 0.3) is 0 Å². The van der Waals surface area contributed by atoms with E-state index in [9.17, 15) is 23.4 Å². The number of fused-ring (bicyclic) bond motifs is 1. The van der Waals surface area contributed by atoms with Gasteiger partial charge in [0.15, 0.2) is 0 Å². The second-order valence-electron chi connectivity index (χ2n) is 5.91. The van der Waals surface area contributed by atoms with Gasteiger partial charge in [-0.1, -0.05) is 6.07 Å². The standard InChI is InChI=1S/C19H11F3N4O3/c20-19(21,22)11-2-4-12(5-3-11)29-17-15(23-7-8-24-17)10-1-6-13-14(9-10)25-18(28)26-16(13)27/h1-9H,(H2,25,26,27,28). The number of rotatable bonds is 3. The van der Waals surface area contributed by atoms with Crippen LogP contribution >= 0.6 is 0 Å². The van der Waals surface area contributed by atoms with Gasteiger partial charge in [0.1, 0.15) is 11.4 Å². The van der Waals surface area contributed by atoms with Crippen molar-refractivity contribution in [2.45, 2.75) is 6.18 Å². The summed E-state index contributed by atoms with van der Waals surface area (Å²) < 4.78 is 43.7. The molecule has 146 valence electrons. The fourth-order valence-electron chi connectivity index (χ4n) is 2.67. The van der Waals surface area contributed by atoms with E-state index in [-0.39, 0.29) is 23.0 Å². The van der Waals surface area contributed by atoms with E-state index in [1.165, 1.54) is 30.6 Å². The molecule has 7 nitrogen and oxygen atoms in total. The second kappa shape index (κ2) is 6.89. The first kappa shape index (κ1) is 18.4. The molecule has 0 fully saturated rings. The molecule has 29 heavy (non-hydrogen) atoms. The summed E-state index contributed by atoms with van der Waals surface area (Å²) in [5.41, 5.74) is 0.272. The highest BCUT2D eigenvalue weighted by atomic mass is 19.4. The van der Waals surface area contributed by atoms with Gasteiger partial charge in [-0.2, -0.15) is 23.1 Å². The number of alkyl halides is 3. The monoisotopic (exact) mass is 400 g/mol. The fourth-order valence-corrected chi connectivity index (χ4v) is 2.67. The van der Waals surface area contributed by atoms with Crippen molar-refractivity contribution < 1.29 is 28.1 Å². The molecule has 0 unspecified atom stereocenters. The average Bonchev–Trinajstić information content (AvgIpc) is 2.67. The van der Waals surface area contributed by atoms with Crippen LogP contribution in [0.4, 0.5) is 13.2 Å². The van der Waals surface area contributed by atoms with Crippen molar-refractivity contribution in [3.63, 3.8) is 0 Å². The van der Waals surface area contributed by atoms with Gasteiger partial charge in [-0.3, -0.25) is 0 Å². The first-order chi connectivity index (χ1) is 13.8. The smallest absolute Gasteiger partial charge is 0.416 e. The number of aromatic nitrogens is 4. The van der Waals surface area contributed by atoms with Crippen LogP contribution in [-0.4, -0.2) is 30.1 Å². The minimum absolute atomic E-state index is 0.0640. The van der Waals surface area contributed by atoms with Crippen molar-refractivity contribution >= 4 is 10.9 Å². The first-order valence-electron chi connectivity index (χ1n) is 8.17. The largest absolute Gasteiger partial charge is 0.493 e. The van der Waals surface area contributed by atoms with Crippen molar-refractivity contribution in [2.75, 3.05) is 0 Å². The van der Waals surface area contributed by atoms with Crippen molar-refractivity contribution in [2.24, 2.45) is 0 Å². The van der Waals surface area contributed by atoms with Crippen LogP contribution in [0.25, 0.3) is 22.2 Å². The van der Waals surface area contributed by atoms with Gasteiger partial charge in [-0.25, -0.2) is 9.97 Å².